The van der Waals surface area contributed by atoms with Crippen molar-refractivity contribution >= 4 is 5.97 Å². The van der Waals surface area contributed by atoms with Gasteiger partial charge in [0.1, 0.15) is 6.61 Å². The molecule has 0 saturated heterocycles. The van der Waals surface area contributed by atoms with Crippen LogP contribution in [0.3, 0.4) is 0 Å². The first-order valence-corrected chi connectivity index (χ1v) is 6.37. The lowest BCUT2D eigenvalue weighted by Gasteiger charge is -2.31. The van der Waals surface area contributed by atoms with Crippen LogP contribution in [0.5, 0.6) is 0 Å². The Labute approximate surface area is 102 Å². The Hall–Kier alpha value is -1.09. The van der Waals surface area contributed by atoms with Crippen LogP contribution in [0, 0.1) is 11.8 Å². The van der Waals surface area contributed by atoms with Crippen molar-refractivity contribution in [1.29, 1.82) is 0 Å². The molecular weight excluding hydrogens is 216 g/mol. The maximum atomic E-state index is 10.8. The standard InChI is InChI=1S/C14H20O3/c1-2-14(15)17-9-8-16-13-7-6-11-4-3-5-12(11)10-13/h2-3,5,11-13H,1,4,6-10H2. The van der Waals surface area contributed by atoms with Gasteiger partial charge in [-0.25, -0.2) is 4.79 Å². The lowest BCUT2D eigenvalue weighted by molar-refractivity contribution is -0.140. The molecule has 0 bridgehead atoms. The molecule has 3 unspecified atom stereocenters. The van der Waals surface area contributed by atoms with E-state index in [4.69, 9.17) is 9.47 Å². The lowest BCUT2D eigenvalue weighted by atomic mass is 9.80. The van der Waals surface area contributed by atoms with Crippen molar-refractivity contribution in [2.75, 3.05) is 13.2 Å². The third kappa shape index (κ3) is 3.43. The summed E-state index contributed by atoms with van der Waals surface area (Å²) < 4.78 is 10.6. The van der Waals surface area contributed by atoms with Crippen molar-refractivity contribution in [3.8, 4) is 0 Å². The molecule has 0 radical (unpaired) electrons. The minimum atomic E-state index is -0.379. The molecule has 0 heterocycles. The molecule has 0 aliphatic heterocycles. The fraction of sp³-hybridized carbons (Fsp3) is 0.643. The molecule has 1 fully saturated rings. The van der Waals surface area contributed by atoms with Gasteiger partial charge in [0.2, 0.25) is 0 Å². The predicted molar refractivity (Wildman–Crippen MR) is 65.5 cm³/mol. The first kappa shape index (κ1) is 12.4. The molecular formula is C14H20O3. The monoisotopic (exact) mass is 236 g/mol. The van der Waals surface area contributed by atoms with Gasteiger partial charge in [-0.3, -0.25) is 0 Å². The van der Waals surface area contributed by atoms with Gasteiger partial charge >= 0.3 is 5.97 Å². The van der Waals surface area contributed by atoms with E-state index >= 15 is 0 Å². The molecule has 0 aromatic rings. The van der Waals surface area contributed by atoms with E-state index in [1.807, 2.05) is 0 Å². The average molecular weight is 236 g/mol. The molecule has 3 nitrogen and oxygen atoms in total. The van der Waals surface area contributed by atoms with Gasteiger partial charge in [0.15, 0.2) is 0 Å². The smallest absolute Gasteiger partial charge is 0.330 e. The first-order valence-electron chi connectivity index (χ1n) is 6.37. The average Bonchev–Trinajstić information content (AvgIpc) is 2.81. The van der Waals surface area contributed by atoms with Gasteiger partial charge in [-0.2, -0.15) is 0 Å². The summed E-state index contributed by atoms with van der Waals surface area (Å²) in [6.07, 6.45) is 10.9. The zero-order valence-corrected chi connectivity index (χ0v) is 10.1. The zero-order chi connectivity index (χ0) is 12.1. The Balaban J connectivity index is 1.62. The fourth-order valence-electron chi connectivity index (χ4n) is 2.75. The maximum Gasteiger partial charge on any atom is 0.330 e. The van der Waals surface area contributed by atoms with Crippen LogP contribution in [0.1, 0.15) is 25.7 Å². The molecule has 2 aliphatic carbocycles. The second-order valence-corrected chi connectivity index (χ2v) is 4.77. The second-order valence-electron chi connectivity index (χ2n) is 4.77. The number of carbonyl (C=O) groups is 1. The molecule has 0 amide bonds. The second kappa shape index (κ2) is 6.01. The van der Waals surface area contributed by atoms with E-state index in [9.17, 15) is 4.79 Å². The summed E-state index contributed by atoms with van der Waals surface area (Å²) >= 11 is 0. The number of esters is 1. The number of hydrogen-bond acceptors (Lipinski definition) is 3. The van der Waals surface area contributed by atoms with E-state index in [0.717, 1.165) is 18.8 Å². The summed E-state index contributed by atoms with van der Waals surface area (Å²) in [7, 11) is 0. The van der Waals surface area contributed by atoms with Crippen LogP contribution in [-0.4, -0.2) is 25.3 Å². The Morgan fingerprint density at radius 2 is 2.29 bits per heavy atom. The third-order valence-electron chi connectivity index (χ3n) is 3.67. The van der Waals surface area contributed by atoms with Crippen molar-refractivity contribution in [3.05, 3.63) is 24.8 Å². The molecule has 1 saturated carbocycles. The van der Waals surface area contributed by atoms with Crippen LogP contribution < -0.4 is 0 Å². The van der Waals surface area contributed by atoms with E-state index < -0.39 is 0 Å². The van der Waals surface area contributed by atoms with E-state index in [-0.39, 0.29) is 5.97 Å². The Kier molecular flexibility index (Phi) is 4.37. The quantitative estimate of drug-likeness (QED) is 0.318. The van der Waals surface area contributed by atoms with Crippen LogP contribution in [0.4, 0.5) is 0 Å². The lowest BCUT2D eigenvalue weighted by Crippen LogP contribution is -2.27. The van der Waals surface area contributed by atoms with Crippen molar-refractivity contribution in [2.45, 2.75) is 31.8 Å². The topological polar surface area (TPSA) is 35.5 Å². The Morgan fingerprint density at radius 1 is 1.41 bits per heavy atom. The summed E-state index contributed by atoms with van der Waals surface area (Å²) in [6, 6.07) is 0. The molecule has 0 aromatic heterocycles. The number of hydrogen-bond donors (Lipinski definition) is 0. The van der Waals surface area contributed by atoms with Gasteiger partial charge in [0.25, 0.3) is 0 Å². The highest BCUT2D eigenvalue weighted by Gasteiger charge is 2.31. The number of ether oxygens (including phenoxy) is 2. The summed E-state index contributed by atoms with van der Waals surface area (Å²) in [4.78, 5) is 10.8. The minimum absolute atomic E-state index is 0.325. The molecule has 94 valence electrons. The molecule has 3 heteroatoms. The van der Waals surface area contributed by atoms with Gasteiger partial charge in [-0.15, -0.1) is 0 Å². The number of rotatable bonds is 5. The summed E-state index contributed by atoms with van der Waals surface area (Å²) in [5.41, 5.74) is 0. The molecule has 2 rings (SSSR count). The van der Waals surface area contributed by atoms with Crippen LogP contribution in [0.2, 0.25) is 0 Å². The fourth-order valence-corrected chi connectivity index (χ4v) is 2.75. The van der Waals surface area contributed by atoms with E-state index in [1.54, 1.807) is 0 Å². The molecule has 17 heavy (non-hydrogen) atoms. The molecule has 0 N–H and O–H groups in total. The summed E-state index contributed by atoms with van der Waals surface area (Å²) in [5.74, 6) is 1.19. The Morgan fingerprint density at radius 3 is 3.12 bits per heavy atom. The van der Waals surface area contributed by atoms with Crippen molar-refractivity contribution in [3.63, 3.8) is 0 Å². The van der Waals surface area contributed by atoms with Gasteiger partial charge in [-0.05, 0) is 37.5 Å². The maximum absolute atomic E-state index is 10.8. The van der Waals surface area contributed by atoms with Gasteiger partial charge < -0.3 is 9.47 Å². The highest BCUT2D eigenvalue weighted by atomic mass is 16.6. The molecule has 3 atom stereocenters. The SMILES string of the molecule is C=CC(=O)OCCOC1CCC2CC=CC2C1. The van der Waals surface area contributed by atoms with Crippen molar-refractivity contribution in [1.82, 2.24) is 0 Å². The van der Waals surface area contributed by atoms with Crippen LogP contribution >= 0.6 is 0 Å². The van der Waals surface area contributed by atoms with Gasteiger partial charge in [0.05, 0.1) is 12.7 Å². The molecule has 0 spiro atoms. The highest BCUT2D eigenvalue weighted by Crippen LogP contribution is 2.38. The highest BCUT2D eigenvalue weighted by molar-refractivity contribution is 5.81. The molecule has 2 aliphatic rings. The zero-order valence-electron chi connectivity index (χ0n) is 10.1. The normalized spacial score (nSPS) is 30.9. The summed E-state index contributed by atoms with van der Waals surface area (Å²) in [6.45, 7) is 4.16. The van der Waals surface area contributed by atoms with E-state index in [1.165, 1.54) is 18.9 Å². The molecule has 0 aromatic carbocycles. The number of fused-ring (bicyclic) bond motifs is 1. The first-order chi connectivity index (χ1) is 8.29. The van der Waals surface area contributed by atoms with Crippen LogP contribution in [-0.2, 0) is 14.3 Å². The number of carbonyl (C=O) groups excluding carboxylic acids is 1. The van der Waals surface area contributed by atoms with E-state index in [2.05, 4.69) is 18.7 Å². The minimum Gasteiger partial charge on any atom is -0.460 e. The number of allylic oxidation sites excluding steroid dienone is 2. The van der Waals surface area contributed by atoms with Gasteiger partial charge in [0, 0.05) is 6.08 Å². The van der Waals surface area contributed by atoms with Crippen LogP contribution in [0.25, 0.3) is 0 Å². The van der Waals surface area contributed by atoms with E-state index in [0.29, 0.717) is 25.2 Å². The summed E-state index contributed by atoms with van der Waals surface area (Å²) in [5, 5.41) is 0. The van der Waals surface area contributed by atoms with Crippen molar-refractivity contribution < 1.29 is 14.3 Å². The van der Waals surface area contributed by atoms with Crippen LogP contribution in [0.15, 0.2) is 24.8 Å². The van der Waals surface area contributed by atoms with Crippen molar-refractivity contribution in [2.24, 2.45) is 11.8 Å². The van der Waals surface area contributed by atoms with Gasteiger partial charge in [-0.1, -0.05) is 18.7 Å². The Bertz CT molecular complexity index is 309. The third-order valence-corrected chi connectivity index (χ3v) is 3.67. The largest absolute Gasteiger partial charge is 0.460 e. The predicted octanol–water partition coefficient (Wildman–Crippen LogP) is 2.48.